The number of carbonyl (C=O) groups excluding carboxylic acids is 1. The minimum atomic E-state index is -0.659. The number of para-hydroxylation sites is 1. The minimum absolute atomic E-state index is 0.0703. The molecule has 0 saturated carbocycles. The van der Waals surface area contributed by atoms with E-state index in [2.05, 4.69) is 9.98 Å². The minimum Gasteiger partial charge on any atom is -0.507 e. The third kappa shape index (κ3) is 2.62. The Hall–Kier alpha value is -3.27. The Bertz CT molecular complexity index is 1050. The van der Waals surface area contributed by atoms with Crippen molar-refractivity contribution in [2.24, 2.45) is 9.98 Å². The molecule has 25 heavy (non-hydrogen) atoms. The molecule has 1 atom stereocenters. The molecular formula is C21H16N2O2. The van der Waals surface area contributed by atoms with Crippen LogP contribution in [0.25, 0.3) is 10.8 Å². The standard InChI is InChI=1S/C21H16N2O2/c1-13-20(21(25)16-8-4-5-9-18(16)23-13)22-12-17-15-7-3-2-6-14(15)10-11-19(17)24/h2-12,20,24H,1H3/t20-/m0/s1. The molecule has 4 rings (SSSR count). The molecule has 4 heteroatoms. The number of phenols is 1. The number of Topliss-reactive ketones (excluding diaryl/α,β-unsaturated/α-hetero) is 1. The first kappa shape index (κ1) is 15.3. The molecule has 0 aliphatic carbocycles. The van der Waals surface area contributed by atoms with Gasteiger partial charge in [-0.3, -0.25) is 14.8 Å². The summed E-state index contributed by atoms with van der Waals surface area (Å²) in [6.07, 6.45) is 1.58. The normalized spacial score (nSPS) is 16.9. The summed E-state index contributed by atoms with van der Waals surface area (Å²) in [4.78, 5) is 21.7. The highest BCUT2D eigenvalue weighted by Gasteiger charge is 2.28. The summed E-state index contributed by atoms with van der Waals surface area (Å²) in [6.45, 7) is 1.80. The molecule has 0 unspecified atom stereocenters. The number of ketones is 1. The predicted molar refractivity (Wildman–Crippen MR) is 101 cm³/mol. The number of fused-ring (bicyclic) bond motifs is 2. The van der Waals surface area contributed by atoms with E-state index >= 15 is 0 Å². The van der Waals surface area contributed by atoms with Crippen LogP contribution in [0.4, 0.5) is 5.69 Å². The lowest BCUT2D eigenvalue weighted by Crippen LogP contribution is -2.29. The fourth-order valence-electron chi connectivity index (χ4n) is 3.11. The fraction of sp³-hybridized carbons (Fsp3) is 0.0952. The van der Waals surface area contributed by atoms with Crippen molar-refractivity contribution in [3.8, 4) is 5.75 Å². The number of rotatable bonds is 2. The van der Waals surface area contributed by atoms with Gasteiger partial charge >= 0.3 is 0 Å². The molecule has 0 bridgehead atoms. The molecule has 4 nitrogen and oxygen atoms in total. The van der Waals surface area contributed by atoms with E-state index in [0.717, 1.165) is 10.8 Å². The topological polar surface area (TPSA) is 62.0 Å². The van der Waals surface area contributed by atoms with Crippen molar-refractivity contribution in [3.63, 3.8) is 0 Å². The number of phenolic OH excluding ortho intramolecular Hbond substituents is 1. The maximum Gasteiger partial charge on any atom is 0.195 e. The third-order valence-corrected chi connectivity index (χ3v) is 4.41. The van der Waals surface area contributed by atoms with Crippen molar-refractivity contribution in [3.05, 3.63) is 71.8 Å². The van der Waals surface area contributed by atoms with Crippen LogP contribution in [0.3, 0.4) is 0 Å². The van der Waals surface area contributed by atoms with Crippen LogP contribution in [0.15, 0.2) is 70.6 Å². The number of aliphatic imine (C=N–C) groups is 2. The lowest BCUT2D eigenvalue weighted by molar-refractivity contribution is 0.0984. The monoisotopic (exact) mass is 328 g/mol. The van der Waals surface area contributed by atoms with Crippen LogP contribution in [-0.2, 0) is 0 Å². The molecule has 1 heterocycles. The highest BCUT2D eigenvalue weighted by atomic mass is 16.3. The van der Waals surface area contributed by atoms with Gasteiger partial charge in [0.1, 0.15) is 5.75 Å². The maximum atomic E-state index is 12.7. The van der Waals surface area contributed by atoms with E-state index in [9.17, 15) is 9.90 Å². The summed E-state index contributed by atoms with van der Waals surface area (Å²) in [7, 11) is 0. The number of hydrogen-bond acceptors (Lipinski definition) is 4. The second-order valence-electron chi connectivity index (χ2n) is 6.03. The smallest absolute Gasteiger partial charge is 0.195 e. The zero-order valence-corrected chi connectivity index (χ0v) is 13.7. The molecule has 0 fully saturated rings. The average Bonchev–Trinajstić information content (AvgIpc) is 2.63. The molecule has 0 spiro atoms. The quantitative estimate of drug-likeness (QED) is 0.712. The van der Waals surface area contributed by atoms with Crippen molar-refractivity contribution in [2.45, 2.75) is 13.0 Å². The lowest BCUT2D eigenvalue weighted by Gasteiger charge is -2.18. The maximum absolute atomic E-state index is 12.7. The largest absolute Gasteiger partial charge is 0.507 e. The Labute approximate surface area is 145 Å². The van der Waals surface area contributed by atoms with Crippen LogP contribution in [0, 0.1) is 0 Å². The van der Waals surface area contributed by atoms with E-state index in [1.54, 1.807) is 25.3 Å². The first-order chi connectivity index (χ1) is 12.1. The van der Waals surface area contributed by atoms with Crippen molar-refractivity contribution >= 4 is 34.2 Å². The van der Waals surface area contributed by atoms with Crippen LogP contribution >= 0.6 is 0 Å². The molecule has 0 radical (unpaired) electrons. The Balaban J connectivity index is 1.77. The van der Waals surface area contributed by atoms with Gasteiger partial charge in [-0.05, 0) is 35.9 Å². The molecule has 3 aromatic rings. The van der Waals surface area contributed by atoms with E-state index in [-0.39, 0.29) is 11.5 Å². The van der Waals surface area contributed by atoms with E-state index < -0.39 is 6.04 Å². The van der Waals surface area contributed by atoms with Gasteiger partial charge in [-0.1, -0.05) is 42.5 Å². The van der Waals surface area contributed by atoms with Gasteiger partial charge < -0.3 is 5.11 Å². The summed E-state index contributed by atoms with van der Waals surface area (Å²) < 4.78 is 0. The van der Waals surface area contributed by atoms with E-state index in [4.69, 9.17) is 0 Å². The highest BCUT2D eigenvalue weighted by Crippen LogP contribution is 2.28. The van der Waals surface area contributed by atoms with Crippen LogP contribution in [0.5, 0.6) is 5.75 Å². The van der Waals surface area contributed by atoms with Crippen molar-refractivity contribution < 1.29 is 9.90 Å². The van der Waals surface area contributed by atoms with Gasteiger partial charge in [0.25, 0.3) is 0 Å². The van der Waals surface area contributed by atoms with E-state index in [1.165, 1.54) is 0 Å². The van der Waals surface area contributed by atoms with Gasteiger partial charge in [0.15, 0.2) is 11.8 Å². The summed E-state index contributed by atoms with van der Waals surface area (Å²) in [5, 5.41) is 12.1. The van der Waals surface area contributed by atoms with Gasteiger partial charge in [0.2, 0.25) is 0 Å². The Morgan fingerprint density at radius 1 is 1.04 bits per heavy atom. The Kier molecular flexibility index (Phi) is 3.65. The number of nitrogens with zero attached hydrogens (tertiary/aromatic N) is 2. The van der Waals surface area contributed by atoms with Crippen LogP contribution in [-0.4, -0.2) is 28.9 Å². The molecule has 1 aliphatic rings. The molecule has 0 amide bonds. The van der Waals surface area contributed by atoms with Gasteiger partial charge in [-0.25, -0.2) is 0 Å². The van der Waals surface area contributed by atoms with E-state index in [0.29, 0.717) is 22.5 Å². The SMILES string of the molecule is CC1=Nc2ccccc2C(=O)[C@H]1N=Cc1c(O)ccc2ccccc12. The molecule has 0 aromatic heterocycles. The first-order valence-corrected chi connectivity index (χ1v) is 8.07. The third-order valence-electron chi connectivity index (χ3n) is 4.41. The molecule has 122 valence electrons. The van der Waals surface area contributed by atoms with Gasteiger partial charge in [-0.2, -0.15) is 0 Å². The summed E-state index contributed by atoms with van der Waals surface area (Å²) in [5.74, 6) is 0.0692. The number of aromatic hydroxyl groups is 1. The van der Waals surface area contributed by atoms with E-state index in [1.807, 2.05) is 48.5 Å². The second-order valence-corrected chi connectivity index (χ2v) is 6.03. The first-order valence-electron chi connectivity index (χ1n) is 8.07. The Morgan fingerprint density at radius 2 is 1.80 bits per heavy atom. The van der Waals surface area contributed by atoms with Crippen molar-refractivity contribution in [1.29, 1.82) is 0 Å². The van der Waals surface area contributed by atoms with Gasteiger partial charge in [-0.15, -0.1) is 0 Å². The number of carbonyl (C=O) groups is 1. The number of benzene rings is 3. The van der Waals surface area contributed by atoms with Crippen LogP contribution < -0.4 is 0 Å². The zero-order valence-electron chi connectivity index (χ0n) is 13.7. The molecule has 0 saturated heterocycles. The van der Waals surface area contributed by atoms with Gasteiger partial charge in [0, 0.05) is 23.1 Å². The molecule has 3 aromatic carbocycles. The van der Waals surface area contributed by atoms with Crippen molar-refractivity contribution in [1.82, 2.24) is 0 Å². The van der Waals surface area contributed by atoms with Crippen LogP contribution in [0.1, 0.15) is 22.8 Å². The molecule has 1 aliphatic heterocycles. The van der Waals surface area contributed by atoms with Gasteiger partial charge in [0.05, 0.1) is 5.69 Å². The molecule has 1 N–H and O–H groups in total. The predicted octanol–water partition coefficient (Wildman–Crippen LogP) is 4.32. The lowest BCUT2D eigenvalue weighted by atomic mass is 9.96. The zero-order chi connectivity index (χ0) is 17.4. The fourth-order valence-corrected chi connectivity index (χ4v) is 3.11. The second kappa shape index (κ2) is 5.98. The molecular weight excluding hydrogens is 312 g/mol. The van der Waals surface area contributed by atoms with Crippen LogP contribution in [0.2, 0.25) is 0 Å². The summed E-state index contributed by atoms with van der Waals surface area (Å²) in [6, 6.07) is 17.9. The summed E-state index contributed by atoms with van der Waals surface area (Å²) >= 11 is 0. The summed E-state index contributed by atoms with van der Waals surface area (Å²) in [5.41, 5.74) is 2.53. The average molecular weight is 328 g/mol. The Morgan fingerprint density at radius 3 is 2.68 bits per heavy atom. The number of hydrogen-bond donors (Lipinski definition) is 1. The van der Waals surface area contributed by atoms with Crippen molar-refractivity contribution in [2.75, 3.05) is 0 Å². The highest BCUT2D eigenvalue weighted by molar-refractivity contribution is 6.21.